The molecule has 0 aliphatic rings. The third-order valence-corrected chi connectivity index (χ3v) is 10.1. The summed E-state index contributed by atoms with van der Waals surface area (Å²) >= 11 is 0. The van der Waals surface area contributed by atoms with Crippen LogP contribution in [0.5, 0.6) is 0 Å². The fourth-order valence-corrected chi connectivity index (χ4v) is 8.05. The Hall–Kier alpha value is -4.55. The summed E-state index contributed by atoms with van der Waals surface area (Å²) in [6, 6.07) is 37.8. The first-order valence-corrected chi connectivity index (χ1v) is 12.6. The Morgan fingerprint density at radius 3 is 1.24 bits per heavy atom. The maximum absolute atomic E-state index is 13.6. The Labute approximate surface area is 199 Å². The van der Waals surface area contributed by atoms with E-state index in [0.717, 1.165) is 15.9 Å². The molecule has 0 heterocycles. The molecule has 0 aliphatic carbocycles. The predicted molar refractivity (Wildman–Crippen MR) is 135 cm³/mol. The Kier molecular flexibility index (Phi) is 6.62. The van der Waals surface area contributed by atoms with E-state index in [0.29, 0.717) is 22.3 Å². The molecule has 0 radical (unpaired) electrons. The van der Waals surface area contributed by atoms with Gasteiger partial charge in [0.1, 0.15) is 29.3 Å². The molecule has 0 amide bonds. The molecule has 4 aromatic rings. The van der Waals surface area contributed by atoms with E-state index in [1.165, 1.54) is 0 Å². The maximum atomic E-state index is 13.6. The monoisotopic (exact) mass is 456 g/mol. The summed E-state index contributed by atoms with van der Waals surface area (Å²) in [5.41, 5.74) is 2.24. The second kappa shape index (κ2) is 9.94. The van der Waals surface area contributed by atoms with Gasteiger partial charge in [-0.2, -0.15) is 15.8 Å². The summed E-state index contributed by atoms with van der Waals surface area (Å²) in [6.07, 6.45) is 0.237. The number of carbonyl (C=O) groups is 1. The molecule has 4 rings (SSSR count). The number of ketones is 1. The molecular formula is C29H19N3OP+. The van der Waals surface area contributed by atoms with Crippen molar-refractivity contribution in [2.24, 2.45) is 0 Å². The van der Waals surface area contributed by atoms with Crippen molar-refractivity contribution >= 4 is 29.0 Å². The molecule has 4 aromatic carbocycles. The van der Waals surface area contributed by atoms with Gasteiger partial charge < -0.3 is 0 Å². The summed E-state index contributed by atoms with van der Waals surface area (Å²) in [4.78, 5) is 13.6. The first kappa shape index (κ1) is 22.6. The minimum Gasteiger partial charge on any atom is -0.290 e. The smallest absolute Gasteiger partial charge is 0.201 e. The topological polar surface area (TPSA) is 88.4 Å². The fraction of sp³-hybridized carbons (Fsp3) is 0.0345. The Balaban J connectivity index is 1.99. The molecule has 0 spiro atoms. The van der Waals surface area contributed by atoms with E-state index in [1.807, 2.05) is 66.7 Å². The van der Waals surface area contributed by atoms with Crippen LogP contribution in [-0.4, -0.2) is 11.9 Å². The van der Waals surface area contributed by atoms with Crippen LogP contribution in [-0.2, 0) is 0 Å². The van der Waals surface area contributed by atoms with Crippen LogP contribution in [0.4, 0.5) is 0 Å². The molecule has 0 fully saturated rings. The SMILES string of the molecule is N#Cc1ccc([P+](CC(=O)c2ccccc2)(c2ccc(C#N)cc2)c2ccc(C#N)cc2)cc1. The van der Waals surface area contributed by atoms with E-state index >= 15 is 0 Å². The van der Waals surface area contributed by atoms with Gasteiger partial charge in [-0.3, -0.25) is 4.79 Å². The van der Waals surface area contributed by atoms with E-state index in [2.05, 4.69) is 18.2 Å². The normalized spacial score (nSPS) is 10.5. The summed E-state index contributed by atoms with van der Waals surface area (Å²) in [5.74, 6) is 0.00649. The van der Waals surface area contributed by atoms with E-state index in [-0.39, 0.29) is 11.9 Å². The molecule has 0 unspecified atom stereocenters. The van der Waals surface area contributed by atoms with Gasteiger partial charge >= 0.3 is 0 Å². The van der Waals surface area contributed by atoms with E-state index in [1.54, 1.807) is 36.4 Å². The molecular weight excluding hydrogens is 437 g/mol. The Bertz CT molecular complexity index is 1300. The molecule has 34 heavy (non-hydrogen) atoms. The second-order valence-corrected chi connectivity index (χ2v) is 11.2. The predicted octanol–water partition coefficient (Wildman–Crippen LogP) is 4.48. The fourth-order valence-electron chi connectivity index (χ4n) is 4.02. The second-order valence-electron chi connectivity index (χ2n) is 7.73. The summed E-state index contributed by atoms with van der Waals surface area (Å²) in [5, 5.41) is 30.8. The van der Waals surface area contributed by atoms with Gasteiger partial charge in [-0.15, -0.1) is 0 Å². The number of Topliss-reactive ketones (excluding diaryl/α,β-unsaturated/α-hetero) is 1. The lowest BCUT2D eigenvalue weighted by atomic mass is 10.2. The molecule has 0 aliphatic heterocycles. The molecule has 160 valence electrons. The van der Waals surface area contributed by atoms with Crippen molar-refractivity contribution in [3.63, 3.8) is 0 Å². The van der Waals surface area contributed by atoms with Crippen LogP contribution in [0.2, 0.25) is 0 Å². The molecule has 0 atom stereocenters. The van der Waals surface area contributed by atoms with E-state index < -0.39 is 7.26 Å². The van der Waals surface area contributed by atoms with Gasteiger partial charge in [0.15, 0.2) is 0 Å². The van der Waals surface area contributed by atoms with Gasteiger partial charge in [-0.05, 0) is 72.8 Å². The van der Waals surface area contributed by atoms with Crippen LogP contribution in [0.25, 0.3) is 0 Å². The van der Waals surface area contributed by atoms with Gasteiger partial charge in [0.2, 0.25) is 5.78 Å². The van der Waals surface area contributed by atoms with Crippen LogP contribution < -0.4 is 15.9 Å². The van der Waals surface area contributed by atoms with Crippen LogP contribution in [0.15, 0.2) is 103 Å². The summed E-state index contributed by atoms with van der Waals surface area (Å²) in [6.45, 7) is 0. The number of nitrogens with zero attached hydrogens (tertiary/aromatic N) is 3. The van der Waals surface area contributed by atoms with Crippen molar-refractivity contribution in [1.82, 2.24) is 0 Å². The lowest BCUT2D eigenvalue weighted by Crippen LogP contribution is -2.36. The van der Waals surface area contributed by atoms with Gasteiger partial charge in [0.25, 0.3) is 0 Å². The quantitative estimate of drug-likeness (QED) is 0.316. The number of carbonyl (C=O) groups excluding carboxylic acids is 1. The number of benzene rings is 4. The minimum atomic E-state index is -2.54. The number of rotatable bonds is 6. The van der Waals surface area contributed by atoms with Gasteiger partial charge in [-0.1, -0.05) is 30.3 Å². The number of hydrogen-bond donors (Lipinski definition) is 0. The molecule has 0 saturated carbocycles. The van der Waals surface area contributed by atoms with Crippen molar-refractivity contribution in [2.45, 2.75) is 0 Å². The highest BCUT2D eigenvalue weighted by Crippen LogP contribution is 2.55. The van der Waals surface area contributed by atoms with Gasteiger partial charge in [0, 0.05) is 5.56 Å². The zero-order chi connectivity index (χ0) is 24.0. The van der Waals surface area contributed by atoms with Crippen molar-refractivity contribution < 1.29 is 4.79 Å². The molecule has 0 saturated heterocycles. The van der Waals surface area contributed by atoms with Crippen molar-refractivity contribution in [1.29, 1.82) is 15.8 Å². The number of nitriles is 3. The molecule has 5 heteroatoms. The summed E-state index contributed by atoms with van der Waals surface area (Å²) < 4.78 is 0. The minimum absolute atomic E-state index is 0.00649. The first-order valence-electron chi connectivity index (χ1n) is 10.6. The van der Waals surface area contributed by atoms with Crippen molar-refractivity contribution in [2.75, 3.05) is 6.16 Å². The zero-order valence-corrected chi connectivity index (χ0v) is 19.1. The van der Waals surface area contributed by atoms with Crippen LogP contribution in [0.1, 0.15) is 27.0 Å². The third-order valence-electron chi connectivity index (χ3n) is 5.79. The third kappa shape index (κ3) is 4.35. The van der Waals surface area contributed by atoms with Crippen molar-refractivity contribution in [3.05, 3.63) is 125 Å². The highest BCUT2D eigenvalue weighted by Gasteiger charge is 2.47. The van der Waals surface area contributed by atoms with Crippen molar-refractivity contribution in [3.8, 4) is 18.2 Å². The first-order chi connectivity index (χ1) is 16.6. The van der Waals surface area contributed by atoms with Crippen LogP contribution in [0.3, 0.4) is 0 Å². The lowest BCUT2D eigenvalue weighted by molar-refractivity contribution is 0.102. The van der Waals surface area contributed by atoms with Crippen LogP contribution >= 0.6 is 7.26 Å². The highest BCUT2D eigenvalue weighted by molar-refractivity contribution is 7.96. The Morgan fingerprint density at radius 1 is 0.559 bits per heavy atom. The van der Waals surface area contributed by atoms with E-state index in [4.69, 9.17) is 0 Å². The molecule has 0 bridgehead atoms. The molecule has 4 nitrogen and oxygen atoms in total. The standard InChI is InChI=1S/C29H19N3OP/c30-18-22-6-12-26(13-7-22)34(27-14-8-23(19-31)9-15-27,28-16-10-24(20-32)11-17-28)21-29(33)25-4-2-1-3-5-25/h1-17H,21H2/q+1. The zero-order valence-electron chi connectivity index (χ0n) is 18.2. The van der Waals surface area contributed by atoms with Gasteiger partial charge in [0.05, 0.1) is 34.9 Å². The van der Waals surface area contributed by atoms with E-state index in [9.17, 15) is 20.6 Å². The highest BCUT2D eigenvalue weighted by atomic mass is 31.2. The summed E-state index contributed by atoms with van der Waals surface area (Å²) in [7, 11) is -2.54. The van der Waals surface area contributed by atoms with Crippen LogP contribution in [0, 0.1) is 34.0 Å². The maximum Gasteiger partial charge on any atom is 0.201 e. The lowest BCUT2D eigenvalue weighted by Gasteiger charge is -2.27. The molecule has 0 aromatic heterocycles. The number of hydrogen-bond acceptors (Lipinski definition) is 4. The average Bonchev–Trinajstić information content (AvgIpc) is 2.92. The largest absolute Gasteiger partial charge is 0.290 e. The molecule has 0 N–H and O–H groups in total. The Morgan fingerprint density at radius 2 is 0.912 bits per heavy atom. The average molecular weight is 456 g/mol. The van der Waals surface area contributed by atoms with Gasteiger partial charge in [-0.25, -0.2) is 0 Å².